The molecule has 1 amide bonds. The third-order valence-electron chi connectivity index (χ3n) is 5.56. The molecule has 0 saturated heterocycles. The summed E-state index contributed by atoms with van der Waals surface area (Å²) in [6.07, 6.45) is 3.52. The number of aliphatic carboxylic acids is 1. The summed E-state index contributed by atoms with van der Waals surface area (Å²) in [5.74, 6) is 0.240. The van der Waals surface area contributed by atoms with Crippen molar-refractivity contribution < 1.29 is 24.2 Å². The second-order valence-electron chi connectivity index (χ2n) is 7.34. The van der Waals surface area contributed by atoms with E-state index in [2.05, 4.69) is 0 Å². The summed E-state index contributed by atoms with van der Waals surface area (Å²) in [6, 6.07) is 4.02. The van der Waals surface area contributed by atoms with E-state index in [1.165, 1.54) is 5.56 Å². The minimum Gasteiger partial charge on any atom is -0.490 e. The molecule has 0 spiro atoms. The van der Waals surface area contributed by atoms with Crippen LogP contribution in [0.4, 0.5) is 0 Å². The lowest BCUT2D eigenvalue weighted by Crippen LogP contribution is -2.41. The summed E-state index contributed by atoms with van der Waals surface area (Å²) in [5, 5.41) is 9.28. The van der Waals surface area contributed by atoms with Crippen LogP contribution >= 0.6 is 0 Å². The molecule has 2 aliphatic rings. The van der Waals surface area contributed by atoms with Crippen LogP contribution in [-0.2, 0) is 22.6 Å². The molecule has 1 aromatic carbocycles. The third-order valence-corrected chi connectivity index (χ3v) is 5.56. The molecule has 1 aromatic rings. The van der Waals surface area contributed by atoms with Gasteiger partial charge in [-0.15, -0.1) is 0 Å². The fourth-order valence-corrected chi connectivity index (χ4v) is 4.19. The van der Waals surface area contributed by atoms with Gasteiger partial charge in [-0.2, -0.15) is 0 Å². The maximum Gasteiger partial charge on any atom is 0.306 e. The van der Waals surface area contributed by atoms with Crippen LogP contribution in [0, 0.1) is 11.8 Å². The molecule has 0 aromatic heterocycles. The zero-order valence-corrected chi connectivity index (χ0v) is 16.2. The van der Waals surface area contributed by atoms with Crippen molar-refractivity contribution in [2.24, 2.45) is 11.8 Å². The minimum atomic E-state index is -0.777. The van der Waals surface area contributed by atoms with Crippen LogP contribution in [0.15, 0.2) is 12.1 Å². The van der Waals surface area contributed by atoms with Gasteiger partial charge < -0.3 is 19.5 Å². The number of nitrogens with zero attached hydrogens (tertiary/aromatic N) is 1. The van der Waals surface area contributed by atoms with Crippen molar-refractivity contribution >= 4 is 11.9 Å². The van der Waals surface area contributed by atoms with Gasteiger partial charge in [-0.1, -0.05) is 6.42 Å². The summed E-state index contributed by atoms with van der Waals surface area (Å²) >= 11 is 0. The number of benzene rings is 1. The van der Waals surface area contributed by atoms with Crippen molar-refractivity contribution in [3.63, 3.8) is 0 Å². The Labute approximate surface area is 160 Å². The predicted octanol–water partition coefficient (Wildman–Crippen LogP) is 3.26. The Balaban J connectivity index is 1.74. The summed E-state index contributed by atoms with van der Waals surface area (Å²) in [5.41, 5.74) is 2.28. The molecule has 2 atom stereocenters. The highest BCUT2D eigenvalue weighted by Gasteiger charge is 2.34. The van der Waals surface area contributed by atoms with Gasteiger partial charge in [0.1, 0.15) is 0 Å². The van der Waals surface area contributed by atoms with Crippen molar-refractivity contribution in [1.82, 2.24) is 4.90 Å². The Kier molecular flexibility index (Phi) is 6.24. The molecule has 1 aliphatic carbocycles. The number of fused-ring (bicyclic) bond motifs is 1. The van der Waals surface area contributed by atoms with Gasteiger partial charge in [-0.25, -0.2) is 0 Å². The molecule has 0 radical (unpaired) electrons. The molecular weight excluding hydrogens is 346 g/mol. The van der Waals surface area contributed by atoms with Gasteiger partial charge in [-0.3, -0.25) is 9.59 Å². The molecule has 1 N–H and O–H groups in total. The summed E-state index contributed by atoms with van der Waals surface area (Å²) in [4.78, 5) is 26.2. The van der Waals surface area contributed by atoms with E-state index in [1.807, 2.05) is 30.9 Å². The van der Waals surface area contributed by atoms with Crippen LogP contribution in [0.25, 0.3) is 0 Å². The van der Waals surface area contributed by atoms with E-state index in [-0.39, 0.29) is 17.7 Å². The van der Waals surface area contributed by atoms with Gasteiger partial charge in [0.15, 0.2) is 11.5 Å². The second-order valence-corrected chi connectivity index (χ2v) is 7.34. The third kappa shape index (κ3) is 4.37. The first-order valence-corrected chi connectivity index (χ1v) is 9.96. The summed E-state index contributed by atoms with van der Waals surface area (Å²) in [6.45, 7) is 6.24. The normalized spacial score (nSPS) is 22.1. The number of hydrogen-bond donors (Lipinski definition) is 1. The van der Waals surface area contributed by atoms with E-state index in [9.17, 15) is 14.7 Å². The molecule has 6 nitrogen and oxygen atoms in total. The molecule has 6 heteroatoms. The van der Waals surface area contributed by atoms with Gasteiger partial charge in [-0.05, 0) is 62.8 Å². The van der Waals surface area contributed by atoms with Crippen molar-refractivity contribution in [2.75, 3.05) is 19.8 Å². The van der Waals surface area contributed by atoms with Gasteiger partial charge >= 0.3 is 5.97 Å². The van der Waals surface area contributed by atoms with Crippen molar-refractivity contribution in [3.8, 4) is 11.5 Å². The maximum atomic E-state index is 13.0. The average molecular weight is 375 g/mol. The lowest BCUT2D eigenvalue weighted by atomic mass is 9.80. The zero-order valence-electron chi connectivity index (χ0n) is 16.2. The number of carboxylic acids is 1. The van der Waals surface area contributed by atoms with Crippen molar-refractivity contribution in [1.29, 1.82) is 0 Å². The Morgan fingerprint density at radius 2 is 1.70 bits per heavy atom. The number of carboxylic acid groups (broad SMARTS) is 1. The topological polar surface area (TPSA) is 76.1 Å². The number of carbonyl (C=O) groups is 2. The minimum absolute atomic E-state index is 0.0958. The molecule has 0 bridgehead atoms. The first kappa shape index (κ1) is 19.5. The zero-order chi connectivity index (χ0) is 19.4. The van der Waals surface area contributed by atoms with E-state index < -0.39 is 5.97 Å². The van der Waals surface area contributed by atoms with Crippen LogP contribution in [-0.4, -0.2) is 41.6 Å². The van der Waals surface area contributed by atoms with E-state index in [0.717, 1.165) is 36.3 Å². The van der Waals surface area contributed by atoms with E-state index >= 15 is 0 Å². The molecule has 2 unspecified atom stereocenters. The Morgan fingerprint density at radius 1 is 1.07 bits per heavy atom. The standard InChI is InChI=1S/C21H29NO5/c1-3-26-18-11-14-8-9-22(13-17(14)12-19(18)27-4-2)20(23)15-6-5-7-16(10-15)21(24)25/h11-12,15-16H,3-10,13H2,1-2H3,(H,24,25). The lowest BCUT2D eigenvalue weighted by molar-refractivity contribution is -0.145. The predicted molar refractivity (Wildman–Crippen MR) is 101 cm³/mol. The largest absolute Gasteiger partial charge is 0.490 e. The Morgan fingerprint density at radius 3 is 2.33 bits per heavy atom. The van der Waals surface area contributed by atoms with Crippen LogP contribution in [0.5, 0.6) is 11.5 Å². The molecule has 1 heterocycles. The lowest BCUT2D eigenvalue weighted by Gasteiger charge is -2.34. The van der Waals surface area contributed by atoms with Crippen LogP contribution in [0.2, 0.25) is 0 Å². The Bertz CT molecular complexity index is 702. The highest BCUT2D eigenvalue weighted by atomic mass is 16.5. The first-order chi connectivity index (χ1) is 13.0. The van der Waals surface area contributed by atoms with E-state index in [0.29, 0.717) is 39.1 Å². The molecule has 1 fully saturated rings. The molecule has 3 rings (SSSR count). The second kappa shape index (κ2) is 8.63. The molecular formula is C21H29NO5. The highest BCUT2D eigenvalue weighted by Crippen LogP contribution is 2.36. The summed E-state index contributed by atoms with van der Waals surface area (Å²) in [7, 11) is 0. The fourth-order valence-electron chi connectivity index (χ4n) is 4.19. The number of amides is 1. The smallest absolute Gasteiger partial charge is 0.306 e. The molecule has 1 saturated carbocycles. The van der Waals surface area contributed by atoms with Crippen LogP contribution < -0.4 is 9.47 Å². The maximum absolute atomic E-state index is 13.0. The molecule has 148 valence electrons. The highest BCUT2D eigenvalue weighted by molar-refractivity contribution is 5.80. The average Bonchev–Trinajstić information content (AvgIpc) is 2.68. The number of rotatable bonds is 6. The summed E-state index contributed by atoms with van der Waals surface area (Å²) < 4.78 is 11.4. The van der Waals surface area contributed by atoms with E-state index in [1.54, 1.807) is 0 Å². The Hall–Kier alpha value is -2.24. The quantitative estimate of drug-likeness (QED) is 0.826. The van der Waals surface area contributed by atoms with Gasteiger partial charge in [0.05, 0.1) is 19.1 Å². The van der Waals surface area contributed by atoms with E-state index in [4.69, 9.17) is 9.47 Å². The molecule has 27 heavy (non-hydrogen) atoms. The number of hydrogen-bond acceptors (Lipinski definition) is 4. The van der Waals surface area contributed by atoms with Gasteiger partial charge in [0.2, 0.25) is 5.91 Å². The van der Waals surface area contributed by atoms with Crippen LogP contribution in [0.1, 0.15) is 50.7 Å². The number of carbonyl (C=O) groups excluding carboxylic acids is 1. The fraction of sp³-hybridized carbons (Fsp3) is 0.619. The van der Waals surface area contributed by atoms with Crippen molar-refractivity contribution in [3.05, 3.63) is 23.3 Å². The van der Waals surface area contributed by atoms with Crippen molar-refractivity contribution in [2.45, 2.75) is 52.5 Å². The first-order valence-electron chi connectivity index (χ1n) is 9.96. The SMILES string of the molecule is CCOc1cc2c(cc1OCC)CN(C(=O)C1CCCC(C(=O)O)C1)CC2. The van der Waals surface area contributed by atoms with Gasteiger partial charge in [0.25, 0.3) is 0 Å². The van der Waals surface area contributed by atoms with Crippen LogP contribution in [0.3, 0.4) is 0 Å². The monoisotopic (exact) mass is 375 g/mol. The van der Waals surface area contributed by atoms with Gasteiger partial charge in [0, 0.05) is 19.0 Å². The number of ether oxygens (including phenoxy) is 2. The molecule has 1 aliphatic heterocycles.